The lowest BCUT2D eigenvalue weighted by Gasteiger charge is -2.43. The van der Waals surface area contributed by atoms with E-state index < -0.39 is 43.2 Å². The van der Waals surface area contributed by atoms with E-state index >= 15 is 0 Å². The Bertz CT molecular complexity index is 895. The van der Waals surface area contributed by atoms with Gasteiger partial charge < -0.3 is 14.3 Å². The summed E-state index contributed by atoms with van der Waals surface area (Å²) in [6, 6.07) is 0. The third-order valence-electron chi connectivity index (χ3n) is 9.37. The largest absolute Gasteiger partial charge is 0.463 e. The number of aliphatic hydroxyl groups is 1. The SMILES string of the molecule is CCOC(=O)C1=C2C(=O)C3C(O)[C@@H](O[Si](C)(C)C(C)(C)C)[C@H](C(C)C)[C@@]3(C)CC[C@@]2(C)C=CC1. The zero-order valence-corrected chi connectivity index (χ0v) is 24.0. The molecule has 3 rings (SSSR count). The van der Waals surface area contributed by atoms with Crippen LogP contribution in [0.15, 0.2) is 23.3 Å². The van der Waals surface area contributed by atoms with Gasteiger partial charge in [0.2, 0.25) is 0 Å². The molecule has 2 saturated carbocycles. The predicted octanol–water partition coefficient (Wildman–Crippen LogP) is 5.83. The highest BCUT2D eigenvalue weighted by molar-refractivity contribution is 6.74. The lowest BCUT2D eigenvalue weighted by molar-refractivity contribution is -0.139. The van der Waals surface area contributed by atoms with E-state index in [0.29, 0.717) is 17.6 Å². The van der Waals surface area contributed by atoms with Gasteiger partial charge in [-0.25, -0.2) is 4.79 Å². The maximum atomic E-state index is 14.4. The number of fused-ring (bicyclic) bond motifs is 2. The Labute approximate surface area is 207 Å². The first-order valence-electron chi connectivity index (χ1n) is 13.0. The molecule has 0 aliphatic heterocycles. The predicted molar refractivity (Wildman–Crippen MR) is 138 cm³/mol. The first kappa shape index (κ1) is 27.3. The quantitative estimate of drug-likeness (QED) is 0.298. The van der Waals surface area contributed by atoms with Crippen molar-refractivity contribution in [1.29, 1.82) is 0 Å². The van der Waals surface area contributed by atoms with Crippen molar-refractivity contribution in [2.75, 3.05) is 6.61 Å². The second kappa shape index (κ2) is 9.01. The summed E-state index contributed by atoms with van der Waals surface area (Å²) in [4.78, 5) is 27.3. The minimum absolute atomic E-state index is 0.00381. The van der Waals surface area contributed by atoms with Crippen LogP contribution in [-0.4, -0.2) is 44.0 Å². The number of esters is 1. The van der Waals surface area contributed by atoms with Gasteiger partial charge in [-0.2, -0.15) is 0 Å². The Morgan fingerprint density at radius 1 is 1.24 bits per heavy atom. The molecular weight excluding hydrogens is 444 g/mol. The van der Waals surface area contributed by atoms with Crippen molar-refractivity contribution >= 4 is 20.1 Å². The highest BCUT2D eigenvalue weighted by Gasteiger charge is 2.65. The first-order valence-corrected chi connectivity index (χ1v) is 15.9. The molecule has 3 aliphatic carbocycles. The van der Waals surface area contributed by atoms with E-state index in [1.54, 1.807) is 6.92 Å². The molecule has 34 heavy (non-hydrogen) atoms. The average Bonchev–Trinajstić information content (AvgIpc) is 2.86. The highest BCUT2D eigenvalue weighted by Crippen LogP contribution is 2.61. The third kappa shape index (κ3) is 4.28. The molecule has 3 aliphatic rings. The molecule has 6 atom stereocenters. The molecule has 2 fully saturated rings. The van der Waals surface area contributed by atoms with Crippen LogP contribution in [0, 0.1) is 28.6 Å². The van der Waals surface area contributed by atoms with E-state index in [9.17, 15) is 14.7 Å². The molecule has 6 heteroatoms. The van der Waals surface area contributed by atoms with E-state index in [-0.39, 0.29) is 29.3 Å². The van der Waals surface area contributed by atoms with Crippen molar-refractivity contribution in [2.24, 2.45) is 28.6 Å². The summed E-state index contributed by atoms with van der Waals surface area (Å²) in [5.41, 5.74) is 0.0698. The number of hydrogen-bond acceptors (Lipinski definition) is 5. The summed E-state index contributed by atoms with van der Waals surface area (Å²) in [5, 5.41) is 11.8. The molecule has 2 unspecified atom stereocenters. The molecule has 0 amide bonds. The van der Waals surface area contributed by atoms with Gasteiger partial charge in [-0.05, 0) is 61.6 Å². The Hall–Kier alpha value is -1.24. The standard InChI is InChI=1S/C28H46O5Si/c1-11-32-25(31)18-13-12-14-27(7)15-16-28(8)19(17(2)3)24(33-34(9,10)26(4,5)6)23(30)21(28)22(29)20(18)27/h12,14,17,19,21,23-24,30H,11,13,15-16H2,1-10H3/t19-,21?,23?,24-,27+,28+/m0/s1. The lowest BCUT2D eigenvalue weighted by Crippen LogP contribution is -2.49. The Kier molecular flexibility index (Phi) is 7.24. The number of aliphatic hydroxyl groups excluding tert-OH is 1. The second-order valence-corrected chi connectivity index (χ2v) is 17.8. The van der Waals surface area contributed by atoms with Crippen LogP contribution in [-0.2, 0) is 18.8 Å². The molecule has 0 spiro atoms. The van der Waals surface area contributed by atoms with E-state index in [0.717, 1.165) is 12.8 Å². The second-order valence-electron chi connectivity index (χ2n) is 13.0. The normalized spacial score (nSPS) is 36.4. The van der Waals surface area contributed by atoms with Gasteiger partial charge >= 0.3 is 5.97 Å². The van der Waals surface area contributed by atoms with Gasteiger partial charge in [-0.3, -0.25) is 4.79 Å². The topological polar surface area (TPSA) is 72.8 Å². The number of allylic oxidation sites excluding steroid dienone is 3. The fourth-order valence-corrected chi connectivity index (χ4v) is 7.97. The fourth-order valence-electron chi connectivity index (χ4n) is 6.65. The van der Waals surface area contributed by atoms with Gasteiger partial charge in [0.15, 0.2) is 14.1 Å². The summed E-state index contributed by atoms with van der Waals surface area (Å²) in [6.45, 7) is 21.7. The molecule has 192 valence electrons. The Morgan fingerprint density at radius 3 is 2.38 bits per heavy atom. The summed E-state index contributed by atoms with van der Waals surface area (Å²) in [5.74, 6) is -0.803. The van der Waals surface area contributed by atoms with Crippen LogP contribution < -0.4 is 0 Å². The minimum atomic E-state index is -2.19. The van der Waals surface area contributed by atoms with Crippen molar-refractivity contribution in [2.45, 2.75) is 105 Å². The lowest BCUT2D eigenvalue weighted by atomic mass is 9.66. The number of ether oxygens (including phenoxy) is 1. The zero-order chi connectivity index (χ0) is 25.9. The van der Waals surface area contributed by atoms with Gasteiger partial charge in [0.05, 0.1) is 24.7 Å². The molecule has 0 aromatic rings. The van der Waals surface area contributed by atoms with Crippen molar-refractivity contribution < 1.29 is 23.9 Å². The third-order valence-corrected chi connectivity index (χ3v) is 13.8. The number of hydrogen-bond donors (Lipinski definition) is 1. The van der Waals surface area contributed by atoms with Crippen LogP contribution in [0.5, 0.6) is 0 Å². The number of rotatable bonds is 5. The van der Waals surface area contributed by atoms with Crippen molar-refractivity contribution in [3.63, 3.8) is 0 Å². The molecule has 5 nitrogen and oxygen atoms in total. The van der Waals surface area contributed by atoms with Crippen LogP contribution >= 0.6 is 0 Å². The van der Waals surface area contributed by atoms with E-state index in [1.807, 2.05) is 6.08 Å². The van der Waals surface area contributed by atoms with Crippen molar-refractivity contribution in [3.05, 3.63) is 23.3 Å². The van der Waals surface area contributed by atoms with Gasteiger partial charge in [-0.15, -0.1) is 0 Å². The molecule has 1 N–H and O–H groups in total. The van der Waals surface area contributed by atoms with Gasteiger partial charge in [0.25, 0.3) is 0 Å². The molecule has 0 bridgehead atoms. The molecule has 0 heterocycles. The number of Topliss-reactive ketones (excluding diaryl/α,β-unsaturated/α-hetero) is 1. The van der Waals surface area contributed by atoms with Crippen LogP contribution in [0.2, 0.25) is 18.1 Å². The number of carbonyl (C=O) groups excluding carboxylic acids is 2. The molecule has 0 saturated heterocycles. The van der Waals surface area contributed by atoms with Crippen molar-refractivity contribution in [1.82, 2.24) is 0 Å². The minimum Gasteiger partial charge on any atom is -0.463 e. The van der Waals surface area contributed by atoms with Crippen molar-refractivity contribution in [3.8, 4) is 0 Å². The van der Waals surface area contributed by atoms with E-state index in [2.05, 4.69) is 67.6 Å². The Balaban J connectivity index is 2.15. The molecular formula is C28H46O5Si. The van der Waals surface area contributed by atoms with Gasteiger partial charge in [0.1, 0.15) is 0 Å². The monoisotopic (exact) mass is 490 g/mol. The number of ketones is 1. The van der Waals surface area contributed by atoms with Gasteiger partial charge in [-0.1, -0.05) is 60.6 Å². The zero-order valence-electron chi connectivity index (χ0n) is 23.0. The van der Waals surface area contributed by atoms with E-state index in [4.69, 9.17) is 9.16 Å². The maximum Gasteiger partial charge on any atom is 0.334 e. The Morgan fingerprint density at radius 2 is 1.85 bits per heavy atom. The van der Waals surface area contributed by atoms with E-state index in [1.165, 1.54) is 0 Å². The average molecular weight is 491 g/mol. The van der Waals surface area contributed by atoms with Crippen LogP contribution in [0.25, 0.3) is 0 Å². The maximum absolute atomic E-state index is 14.4. The molecule has 0 aromatic carbocycles. The smallest absolute Gasteiger partial charge is 0.334 e. The summed E-state index contributed by atoms with van der Waals surface area (Å²) in [7, 11) is -2.19. The first-order chi connectivity index (χ1) is 15.5. The summed E-state index contributed by atoms with van der Waals surface area (Å²) in [6.07, 6.45) is 4.73. The number of carbonyl (C=O) groups is 2. The summed E-state index contributed by atoms with van der Waals surface area (Å²) >= 11 is 0. The highest BCUT2D eigenvalue weighted by atomic mass is 28.4. The fraction of sp³-hybridized carbons (Fsp3) is 0.786. The van der Waals surface area contributed by atoms with Crippen LogP contribution in [0.3, 0.4) is 0 Å². The summed E-state index contributed by atoms with van der Waals surface area (Å²) < 4.78 is 12.2. The van der Waals surface area contributed by atoms with Crippen LogP contribution in [0.4, 0.5) is 0 Å². The molecule has 0 aromatic heterocycles. The van der Waals surface area contributed by atoms with Crippen LogP contribution in [0.1, 0.15) is 74.7 Å². The van der Waals surface area contributed by atoms with Gasteiger partial charge in [0, 0.05) is 16.6 Å². The molecule has 0 radical (unpaired) electrons.